The van der Waals surface area contributed by atoms with E-state index >= 15 is 0 Å². The second-order valence-electron chi connectivity index (χ2n) is 1.26. The van der Waals surface area contributed by atoms with Crippen molar-refractivity contribution in [2.45, 2.75) is 6.92 Å². The summed E-state index contributed by atoms with van der Waals surface area (Å²) in [4.78, 5) is 0. The highest BCUT2D eigenvalue weighted by molar-refractivity contribution is 5.10. The van der Waals surface area contributed by atoms with Crippen LogP contribution in [0.15, 0.2) is 12.2 Å². The Morgan fingerprint density at radius 1 is 1.38 bits per heavy atom. The lowest BCUT2D eigenvalue weighted by atomic mass is 10.2. The summed E-state index contributed by atoms with van der Waals surface area (Å²) >= 11 is 0. The third kappa shape index (κ3) is 2.00. The number of rotatable bonds is 1. The molecule has 0 saturated heterocycles. The molecule has 0 radical (unpaired) electrons. The molecule has 0 heterocycles. The van der Waals surface area contributed by atoms with E-state index in [-0.39, 0.29) is 0 Å². The summed E-state index contributed by atoms with van der Waals surface area (Å²) < 4.78 is 0. The number of nitriles is 2. The highest BCUT2D eigenvalue weighted by Crippen LogP contribution is 1.91. The van der Waals surface area contributed by atoms with Crippen LogP contribution in [0.5, 0.6) is 0 Å². The fourth-order valence-corrected chi connectivity index (χ4v) is 0.307. The van der Waals surface area contributed by atoms with Crippen molar-refractivity contribution in [1.29, 1.82) is 10.5 Å². The average molecular weight is 106 g/mol. The maximum atomic E-state index is 8.13. The number of hydrogen-bond donors (Lipinski definition) is 0. The van der Waals surface area contributed by atoms with Crippen molar-refractivity contribution >= 4 is 0 Å². The van der Waals surface area contributed by atoms with Gasteiger partial charge in [0.1, 0.15) is 0 Å². The SMILES string of the molecule is CC=CC(C#N)C#N. The molecule has 0 fully saturated rings. The van der Waals surface area contributed by atoms with Gasteiger partial charge in [-0.2, -0.15) is 10.5 Å². The Hall–Kier alpha value is -1.28. The lowest BCUT2D eigenvalue weighted by Gasteiger charge is -1.80. The van der Waals surface area contributed by atoms with Crippen molar-refractivity contribution < 1.29 is 0 Å². The molecule has 0 aliphatic carbocycles. The Balaban J connectivity index is 3.82. The molecule has 0 bridgehead atoms. The maximum Gasteiger partial charge on any atom is 0.151 e. The minimum absolute atomic E-state index is 0.569. The molecule has 0 aliphatic rings. The first-order chi connectivity index (χ1) is 3.85. The zero-order chi connectivity index (χ0) is 6.41. The Morgan fingerprint density at radius 2 is 1.88 bits per heavy atom. The first-order valence-corrected chi connectivity index (χ1v) is 2.27. The molecule has 0 N–H and O–H groups in total. The van der Waals surface area contributed by atoms with E-state index in [1.807, 2.05) is 0 Å². The highest BCUT2D eigenvalue weighted by atomic mass is 14.3. The third-order valence-electron chi connectivity index (χ3n) is 0.663. The molecule has 0 amide bonds. The summed E-state index contributed by atoms with van der Waals surface area (Å²) in [5, 5.41) is 16.3. The molecular formula is C6H6N2. The first kappa shape index (κ1) is 6.72. The molecule has 0 spiro atoms. The van der Waals surface area contributed by atoms with Gasteiger partial charge in [0.2, 0.25) is 0 Å². The van der Waals surface area contributed by atoms with Gasteiger partial charge in [-0.25, -0.2) is 0 Å². The van der Waals surface area contributed by atoms with Gasteiger partial charge < -0.3 is 0 Å². The Labute approximate surface area is 48.7 Å². The molecule has 0 aromatic carbocycles. The molecule has 0 aromatic rings. The van der Waals surface area contributed by atoms with Crippen molar-refractivity contribution in [2.24, 2.45) is 5.92 Å². The van der Waals surface area contributed by atoms with Gasteiger partial charge in [0.25, 0.3) is 0 Å². The fourth-order valence-electron chi connectivity index (χ4n) is 0.307. The van der Waals surface area contributed by atoms with Crippen molar-refractivity contribution in [3.63, 3.8) is 0 Å². The zero-order valence-corrected chi connectivity index (χ0v) is 4.63. The van der Waals surface area contributed by atoms with Crippen LogP contribution >= 0.6 is 0 Å². The van der Waals surface area contributed by atoms with Gasteiger partial charge in [0.05, 0.1) is 12.1 Å². The number of allylic oxidation sites excluding steroid dienone is 2. The molecule has 0 rings (SSSR count). The summed E-state index contributed by atoms with van der Waals surface area (Å²) in [6.07, 6.45) is 3.25. The normalized spacial score (nSPS) is 9.00. The Morgan fingerprint density at radius 3 is 2.00 bits per heavy atom. The molecular weight excluding hydrogens is 100 g/mol. The van der Waals surface area contributed by atoms with E-state index in [1.165, 1.54) is 0 Å². The summed E-state index contributed by atoms with van der Waals surface area (Å²) in [6.45, 7) is 1.78. The van der Waals surface area contributed by atoms with Crippen molar-refractivity contribution in [3.05, 3.63) is 12.2 Å². The predicted molar refractivity (Wildman–Crippen MR) is 29.5 cm³/mol. The molecule has 0 aromatic heterocycles. The van der Waals surface area contributed by atoms with Crippen LogP contribution in [0.1, 0.15) is 6.92 Å². The fraction of sp³-hybridized carbons (Fsp3) is 0.333. The van der Waals surface area contributed by atoms with Gasteiger partial charge in [-0.05, 0) is 6.92 Å². The lowest BCUT2D eigenvalue weighted by Crippen LogP contribution is -1.82. The van der Waals surface area contributed by atoms with Gasteiger partial charge in [-0.1, -0.05) is 12.2 Å². The summed E-state index contributed by atoms with van der Waals surface area (Å²) in [5.74, 6) is -0.569. The van der Waals surface area contributed by atoms with E-state index in [1.54, 1.807) is 31.2 Å². The molecule has 8 heavy (non-hydrogen) atoms. The van der Waals surface area contributed by atoms with E-state index in [0.29, 0.717) is 0 Å². The minimum Gasteiger partial charge on any atom is -0.197 e. The van der Waals surface area contributed by atoms with Crippen LogP contribution in [0.25, 0.3) is 0 Å². The molecule has 0 aliphatic heterocycles. The van der Waals surface area contributed by atoms with Gasteiger partial charge in [-0.15, -0.1) is 0 Å². The second-order valence-corrected chi connectivity index (χ2v) is 1.26. The molecule has 2 nitrogen and oxygen atoms in total. The number of nitrogens with zero attached hydrogens (tertiary/aromatic N) is 2. The van der Waals surface area contributed by atoms with Crippen LogP contribution in [0.2, 0.25) is 0 Å². The van der Waals surface area contributed by atoms with Gasteiger partial charge in [0, 0.05) is 0 Å². The van der Waals surface area contributed by atoms with E-state index in [9.17, 15) is 0 Å². The highest BCUT2D eigenvalue weighted by Gasteiger charge is 1.94. The van der Waals surface area contributed by atoms with Crippen LogP contribution in [-0.2, 0) is 0 Å². The van der Waals surface area contributed by atoms with Crippen molar-refractivity contribution in [3.8, 4) is 12.1 Å². The predicted octanol–water partition coefficient (Wildman–Crippen LogP) is 1.23. The average Bonchev–Trinajstić information content (AvgIpc) is 1.83. The van der Waals surface area contributed by atoms with E-state index < -0.39 is 5.92 Å². The molecule has 40 valence electrons. The minimum atomic E-state index is -0.569. The van der Waals surface area contributed by atoms with Gasteiger partial charge in [0.15, 0.2) is 5.92 Å². The second kappa shape index (κ2) is 3.89. The monoisotopic (exact) mass is 106 g/mol. The molecule has 0 saturated carbocycles. The number of hydrogen-bond acceptors (Lipinski definition) is 2. The summed E-state index contributed by atoms with van der Waals surface area (Å²) in [7, 11) is 0. The van der Waals surface area contributed by atoms with Crippen LogP contribution < -0.4 is 0 Å². The van der Waals surface area contributed by atoms with E-state index in [4.69, 9.17) is 10.5 Å². The maximum absolute atomic E-state index is 8.13. The van der Waals surface area contributed by atoms with Crippen LogP contribution in [0.3, 0.4) is 0 Å². The lowest BCUT2D eigenvalue weighted by molar-refractivity contribution is 1.09. The third-order valence-corrected chi connectivity index (χ3v) is 0.663. The Bertz CT molecular complexity index is 142. The van der Waals surface area contributed by atoms with Crippen molar-refractivity contribution in [2.75, 3.05) is 0 Å². The standard InChI is InChI=1S/C6H6N2/c1-2-3-6(4-7)5-8/h2-3,6H,1H3. The Kier molecular flexibility index (Phi) is 3.27. The molecule has 2 heteroatoms. The van der Waals surface area contributed by atoms with Gasteiger partial charge >= 0.3 is 0 Å². The van der Waals surface area contributed by atoms with Crippen LogP contribution in [0, 0.1) is 28.6 Å². The van der Waals surface area contributed by atoms with Gasteiger partial charge in [-0.3, -0.25) is 0 Å². The topological polar surface area (TPSA) is 47.6 Å². The zero-order valence-electron chi connectivity index (χ0n) is 4.63. The molecule has 0 unspecified atom stereocenters. The van der Waals surface area contributed by atoms with E-state index in [2.05, 4.69) is 0 Å². The summed E-state index contributed by atoms with van der Waals surface area (Å²) in [6, 6.07) is 3.61. The van der Waals surface area contributed by atoms with Crippen LogP contribution in [-0.4, -0.2) is 0 Å². The summed E-state index contributed by atoms with van der Waals surface area (Å²) in [5.41, 5.74) is 0. The quantitative estimate of drug-likeness (QED) is 0.472. The van der Waals surface area contributed by atoms with Crippen LogP contribution in [0.4, 0.5) is 0 Å². The molecule has 0 atom stereocenters. The van der Waals surface area contributed by atoms with E-state index in [0.717, 1.165) is 0 Å². The first-order valence-electron chi connectivity index (χ1n) is 2.27. The van der Waals surface area contributed by atoms with Crippen molar-refractivity contribution in [1.82, 2.24) is 0 Å². The smallest absolute Gasteiger partial charge is 0.151 e. The largest absolute Gasteiger partial charge is 0.197 e.